The zero-order chi connectivity index (χ0) is 12.4. The van der Waals surface area contributed by atoms with Crippen LogP contribution in [0.4, 0.5) is 0 Å². The highest BCUT2D eigenvalue weighted by Gasteiger charge is 2.44. The highest BCUT2D eigenvalue weighted by atomic mass is 16.1. The molecule has 1 N–H and O–H groups in total. The van der Waals surface area contributed by atoms with Gasteiger partial charge in [0.15, 0.2) is 5.78 Å². The number of piperidine rings is 1. The number of hydrogen-bond donors (Lipinski definition) is 1. The highest BCUT2D eigenvalue weighted by molar-refractivity contribution is 5.90. The number of carbonyl (C=O) groups is 1. The Labute approximate surface area is 108 Å². The van der Waals surface area contributed by atoms with Crippen LogP contribution in [-0.4, -0.2) is 35.9 Å². The molecule has 0 aromatic heterocycles. The number of rotatable bonds is 2. The Balaban J connectivity index is 1.70. The maximum Gasteiger partial charge on any atom is 0.155 e. The fourth-order valence-electron chi connectivity index (χ4n) is 3.20. The summed E-state index contributed by atoms with van der Waals surface area (Å²) in [6, 6.07) is 10.5. The van der Waals surface area contributed by atoms with Gasteiger partial charge in [0.05, 0.1) is 5.54 Å². The van der Waals surface area contributed by atoms with E-state index >= 15 is 0 Å². The second kappa shape index (κ2) is 4.82. The molecule has 3 rings (SSSR count). The molecule has 2 heterocycles. The van der Waals surface area contributed by atoms with E-state index in [9.17, 15) is 4.79 Å². The molecule has 2 aliphatic heterocycles. The van der Waals surface area contributed by atoms with E-state index in [1.165, 1.54) is 5.56 Å². The van der Waals surface area contributed by atoms with Gasteiger partial charge in [0, 0.05) is 26.1 Å². The molecule has 2 fully saturated rings. The lowest BCUT2D eigenvalue weighted by molar-refractivity contribution is -0.129. The number of benzene rings is 1. The molecule has 0 bridgehead atoms. The molecule has 1 spiro atoms. The van der Waals surface area contributed by atoms with Crippen molar-refractivity contribution in [3.63, 3.8) is 0 Å². The summed E-state index contributed by atoms with van der Waals surface area (Å²) in [5.41, 5.74) is 1.10. The Kier molecular flexibility index (Phi) is 3.18. The molecule has 1 aromatic rings. The van der Waals surface area contributed by atoms with Crippen molar-refractivity contribution in [2.75, 3.05) is 19.6 Å². The molecular formula is C15H20N2O. The summed E-state index contributed by atoms with van der Waals surface area (Å²) in [4.78, 5) is 14.5. The van der Waals surface area contributed by atoms with Crippen LogP contribution in [0.15, 0.2) is 30.3 Å². The summed E-state index contributed by atoms with van der Waals surface area (Å²) in [6.07, 6.45) is 2.84. The summed E-state index contributed by atoms with van der Waals surface area (Å²) >= 11 is 0. The lowest BCUT2D eigenvalue weighted by Gasteiger charge is -2.39. The van der Waals surface area contributed by atoms with Crippen LogP contribution in [0, 0.1) is 0 Å². The van der Waals surface area contributed by atoms with Crippen LogP contribution in [-0.2, 0) is 11.3 Å². The molecule has 0 amide bonds. The van der Waals surface area contributed by atoms with Crippen LogP contribution < -0.4 is 5.32 Å². The molecule has 0 saturated carbocycles. The topological polar surface area (TPSA) is 32.3 Å². The zero-order valence-corrected chi connectivity index (χ0v) is 10.7. The lowest BCUT2D eigenvalue weighted by Crippen LogP contribution is -2.59. The first-order chi connectivity index (χ1) is 8.78. The molecule has 1 aromatic carbocycles. The first-order valence-electron chi connectivity index (χ1n) is 6.83. The van der Waals surface area contributed by atoms with Crippen molar-refractivity contribution in [1.29, 1.82) is 0 Å². The Morgan fingerprint density at radius 3 is 2.83 bits per heavy atom. The van der Waals surface area contributed by atoms with E-state index < -0.39 is 0 Å². The van der Waals surface area contributed by atoms with Gasteiger partial charge in [-0.2, -0.15) is 0 Å². The fourth-order valence-corrected chi connectivity index (χ4v) is 3.20. The smallest absolute Gasteiger partial charge is 0.155 e. The molecule has 3 heteroatoms. The van der Waals surface area contributed by atoms with Crippen molar-refractivity contribution >= 4 is 5.78 Å². The number of ketones is 1. The van der Waals surface area contributed by atoms with Crippen molar-refractivity contribution in [3.8, 4) is 0 Å². The number of Topliss-reactive ketones (excluding diaryl/α,β-unsaturated/α-hetero) is 1. The van der Waals surface area contributed by atoms with Gasteiger partial charge in [0.1, 0.15) is 0 Å². The number of carbonyl (C=O) groups excluding carboxylic acids is 1. The monoisotopic (exact) mass is 244 g/mol. The van der Waals surface area contributed by atoms with Gasteiger partial charge in [-0.3, -0.25) is 9.69 Å². The van der Waals surface area contributed by atoms with Crippen LogP contribution in [0.25, 0.3) is 0 Å². The van der Waals surface area contributed by atoms with Crippen LogP contribution >= 0.6 is 0 Å². The van der Waals surface area contributed by atoms with Gasteiger partial charge in [-0.25, -0.2) is 0 Å². The minimum atomic E-state index is -0.229. The van der Waals surface area contributed by atoms with E-state index in [0.717, 1.165) is 39.0 Å². The predicted octanol–water partition coefficient (Wildman–Crippen LogP) is 1.58. The molecule has 2 saturated heterocycles. The molecule has 2 aliphatic rings. The third kappa shape index (κ3) is 2.20. The Morgan fingerprint density at radius 2 is 2.11 bits per heavy atom. The van der Waals surface area contributed by atoms with Crippen molar-refractivity contribution in [3.05, 3.63) is 35.9 Å². The zero-order valence-electron chi connectivity index (χ0n) is 10.7. The average Bonchev–Trinajstić information content (AvgIpc) is 2.85. The van der Waals surface area contributed by atoms with E-state index in [-0.39, 0.29) is 5.54 Å². The minimum absolute atomic E-state index is 0.229. The Morgan fingerprint density at radius 1 is 1.28 bits per heavy atom. The van der Waals surface area contributed by atoms with Gasteiger partial charge < -0.3 is 5.32 Å². The van der Waals surface area contributed by atoms with Gasteiger partial charge in [-0.05, 0) is 24.9 Å². The molecule has 1 unspecified atom stereocenters. The molecule has 3 nitrogen and oxygen atoms in total. The maximum absolute atomic E-state index is 12.1. The van der Waals surface area contributed by atoms with Gasteiger partial charge in [0.25, 0.3) is 0 Å². The second-order valence-corrected chi connectivity index (χ2v) is 5.48. The third-order valence-corrected chi connectivity index (χ3v) is 4.18. The second-order valence-electron chi connectivity index (χ2n) is 5.48. The summed E-state index contributed by atoms with van der Waals surface area (Å²) in [5, 5.41) is 3.45. The van der Waals surface area contributed by atoms with Gasteiger partial charge in [0.2, 0.25) is 0 Å². The Hall–Kier alpha value is -1.19. The largest absolute Gasteiger partial charge is 0.304 e. The Bertz CT molecular complexity index is 423. The highest BCUT2D eigenvalue weighted by Crippen LogP contribution is 2.27. The van der Waals surface area contributed by atoms with Gasteiger partial charge >= 0.3 is 0 Å². The van der Waals surface area contributed by atoms with Crippen molar-refractivity contribution in [1.82, 2.24) is 10.2 Å². The van der Waals surface area contributed by atoms with E-state index in [0.29, 0.717) is 12.2 Å². The number of likely N-dealkylation sites (tertiary alicyclic amines) is 1. The molecule has 18 heavy (non-hydrogen) atoms. The van der Waals surface area contributed by atoms with E-state index in [4.69, 9.17) is 0 Å². The average molecular weight is 244 g/mol. The van der Waals surface area contributed by atoms with Crippen molar-refractivity contribution < 1.29 is 4.79 Å². The van der Waals surface area contributed by atoms with Gasteiger partial charge in [-0.1, -0.05) is 30.3 Å². The van der Waals surface area contributed by atoms with Crippen LogP contribution in [0.1, 0.15) is 24.8 Å². The summed E-state index contributed by atoms with van der Waals surface area (Å²) in [6.45, 7) is 3.72. The normalized spacial score (nSPS) is 29.0. The maximum atomic E-state index is 12.1. The first kappa shape index (κ1) is 11.9. The van der Waals surface area contributed by atoms with E-state index in [2.05, 4.69) is 34.5 Å². The quantitative estimate of drug-likeness (QED) is 0.857. The standard InChI is InChI=1S/C15H20N2O/c18-14-7-10-17(11-13-5-2-1-3-6-13)12-15(14)8-4-9-16-15/h1-3,5-6,16H,4,7-12H2. The molecule has 0 radical (unpaired) electrons. The van der Waals surface area contributed by atoms with Crippen molar-refractivity contribution in [2.24, 2.45) is 0 Å². The minimum Gasteiger partial charge on any atom is -0.304 e. The lowest BCUT2D eigenvalue weighted by atomic mass is 9.86. The SMILES string of the molecule is O=C1CCN(Cc2ccccc2)CC12CCCN2. The van der Waals surface area contributed by atoms with Crippen LogP contribution in [0.5, 0.6) is 0 Å². The van der Waals surface area contributed by atoms with Gasteiger partial charge in [-0.15, -0.1) is 0 Å². The number of nitrogens with one attached hydrogen (secondary N) is 1. The molecule has 0 aliphatic carbocycles. The van der Waals surface area contributed by atoms with Crippen molar-refractivity contribution in [2.45, 2.75) is 31.3 Å². The summed E-state index contributed by atoms with van der Waals surface area (Å²) < 4.78 is 0. The third-order valence-electron chi connectivity index (χ3n) is 4.18. The predicted molar refractivity (Wildman–Crippen MR) is 71.3 cm³/mol. The van der Waals surface area contributed by atoms with Crippen LogP contribution in [0.3, 0.4) is 0 Å². The number of hydrogen-bond acceptors (Lipinski definition) is 3. The molecule has 1 atom stereocenters. The number of nitrogens with zero attached hydrogens (tertiary/aromatic N) is 1. The molecule has 96 valence electrons. The van der Waals surface area contributed by atoms with E-state index in [1.54, 1.807) is 0 Å². The fraction of sp³-hybridized carbons (Fsp3) is 0.533. The molecular weight excluding hydrogens is 224 g/mol. The van der Waals surface area contributed by atoms with Crippen LogP contribution in [0.2, 0.25) is 0 Å². The van der Waals surface area contributed by atoms with E-state index in [1.807, 2.05) is 6.07 Å². The first-order valence-corrected chi connectivity index (χ1v) is 6.83. The summed E-state index contributed by atoms with van der Waals surface area (Å²) in [5.74, 6) is 0.421. The summed E-state index contributed by atoms with van der Waals surface area (Å²) in [7, 11) is 0.